The third-order valence-corrected chi connectivity index (χ3v) is 2.96. The van der Waals surface area contributed by atoms with Crippen LogP contribution in [0.5, 0.6) is 5.75 Å². The van der Waals surface area contributed by atoms with Crippen molar-refractivity contribution < 1.29 is 14.0 Å². The summed E-state index contributed by atoms with van der Waals surface area (Å²) in [6, 6.07) is 9.95. The Bertz CT molecular complexity index is 522. The number of nitrogens with zero attached hydrogens (tertiary/aromatic N) is 2. The molecule has 0 aliphatic carbocycles. The molecule has 1 N–H and O–H groups in total. The zero-order valence-electron chi connectivity index (χ0n) is 12.8. The molecule has 6 nitrogen and oxygen atoms in total. The minimum atomic E-state index is 0. The third kappa shape index (κ3) is 6.43. The first-order valence-corrected chi connectivity index (χ1v) is 7.02. The van der Waals surface area contributed by atoms with Gasteiger partial charge in [0, 0.05) is 12.5 Å². The molecule has 0 saturated carbocycles. The third-order valence-electron chi connectivity index (χ3n) is 2.96. The lowest BCUT2D eigenvalue weighted by Crippen LogP contribution is -2.24. The molecule has 0 aliphatic rings. The summed E-state index contributed by atoms with van der Waals surface area (Å²) in [5, 5.41) is 7.04. The van der Waals surface area contributed by atoms with Crippen molar-refractivity contribution in [1.29, 1.82) is 0 Å². The van der Waals surface area contributed by atoms with Crippen LogP contribution in [0.2, 0.25) is 0 Å². The molecule has 0 bridgehead atoms. The number of halogens is 1. The van der Waals surface area contributed by atoms with E-state index in [9.17, 15) is 0 Å². The van der Waals surface area contributed by atoms with Gasteiger partial charge in [-0.3, -0.25) is 0 Å². The van der Waals surface area contributed by atoms with E-state index < -0.39 is 0 Å². The van der Waals surface area contributed by atoms with Crippen LogP contribution in [0.3, 0.4) is 0 Å². The summed E-state index contributed by atoms with van der Waals surface area (Å²) in [5.41, 5.74) is 0. The Labute approximate surface area is 136 Å². The molecule has 1 aromatic carbocycles. The smallest absolute Gasteiger partial charge is 0.252 e. The van der Waals surface area contributed by atoms with Crippen LogP contribution in [0.1, 0.15) is 18.6 Å². The van der Waals surface area contributed by atoms with Gasteiger partial charge in [-0.05, 0) is 26.1 Å². The number of aromatic nitrogens is 2. The molecule has 1 unspecified atom stereocenters. The van der Waals surface area contributed by atoms with Crippen molar-refractivity contribution in [3.8, 4) is 5.75 Å². The Morgan fingerprint density at radius 3 is 2.73 bits per heavy atom. The molecule has 122 valence electrons. The van der Waals surface area contributed by atoms with E-state index in [0.29, 0.717) is 37.6 Å². The number of hydrogen-bond acceptors (Lipinski definition) is 6. The fourth-order valence-electron chi connectivity index (χ4n) is 1.70. The lowest BCUT2D eigenvalue weighted by molar-refractivity contribution is 0.0720. The summed E-state index contributed by atoms with van der Waals surface area (Å²) in [4.78, 5) is 4.27. The van der Waals surface area contributed by atoms with Gasteiger partial charge in [0.05, 0.1) is 6.61 Å². The van der Waals surface area contributed by atoms with Gasteiger partial charge in [0.2, 0.25) is 0 Å². The van der Waals surface area contributed by atoms with Crippen LogP contribution in [0, 0.1) is 0 Å². The zero-order chi connectivity index (χ0) is 14.9. The maximum Gasteiger partial charge on any atom is 0.252 e. The number of nitrogens with one attached hydrogen (secondary N) is 1. The predicted molar refractivity (Wildman–Crippen MR) is 85.4 cm³/mol. The maximum absolute atomic E-state index is 5.52. The largest absolute Gasteiger partial charge is 0.491 e. The van der Waals surface area contributed by atoms with Crippen molar-refractivity contribution in [1.82, 2.24) is 15.5 Å². The van der Waals surface area contributed by atoms with E-state index in [4.69, 9.17) is 14.0 Å². The van der Waals surface area contributed by atoms with E-state index in [2.05, 4.69) is 22.4 Å². The van der Waals surface area contributed by atoms with Gasteiger partial charge in [-0.2, -0.15) is 4.98 Å². The van der Waals surface area contributed by atoms with E-state index in [1.54, 1.807) is 0 Å². The highest BCUT2D eigenvalue weighted by molar-refractivity contribution is 5.85. The van der Waals surface area contributed by atoms with E-state index in [0.717, 1.165) is 12.2 Å². The second-order valence-electron chi connectivity index (χ2n) is 4.71. The molecule has 7 heteroatoms. The van der Waals surface area contributed by atoms with Gasteiger partial charge in [0.25, 0.3) is 5.89 Å². The van der Waals surface area contributed by atoms with E-state index in [-0.39, 0.29) is 12.4 Å². The van der Waals surface area contributed by atoms with E-state index in [1.165, 1.54) is 0 Å². The van der Waals surface area contributed by atoms with Crippen molar-refractivity contribution in [2.45, 2.75) is 26.0 Å². The van der Waals surface area contributed by atoms with Gasteiger partial charge in [-0.1, -0.05) is 23.4 Å². The molecule has 0 aliphatic heterocycles. The lowest BCUT2D eigenvalue weighted by Gasteiger charge is -2.05. The van der Waals surface area contributed by atoms with Crippen LogP contribution >= 0.6 is 12.4 Å². The average molecular weight is 328 g/mol. The van der Waals surface area contributed by atoms with Crippen molar-refractivity contribution in [2.24, 2.45) is 0 Å². The highest BCUT2D eigenvalue weighted by atomic mass is 35.5. The van der Waals surface area contributed by atoms with Crippen LogP contribution in [-0.4, -0.2) is 36.4 Å². The van der Waals surface area contributed by atoms with Gasteiger partial charge >= 0.3 is 0 Å². The van der Waals surface area contributed by atoms with Crippen molar-refractivity contribution in [3.63, 3.8) is 0 Å². The minimum absolute atomic E-state index is 0. The normalized spacial score (nSPS) is 11.7. The molecular weight excluding hydrogens is 306 g/mol. The highest BCUT2D eigenvalue weighted by Crippen LogP contribution is 2.08. The van der Waals surface area contributed by atoms with Gasteiger partial charge in [-0.25, -0.2) is 0 Å². The predicted octanol–water partition coefficient (Wildman–Crippen LogP) is 2.24. The molecule has 0 amide bonds. The maximum atomic E-state index is 5.52. The average Bonchev–Trinajstić information content (AvgIpc) is 2.95. The molecule has 0 spiro atoms. The first kappa shape index (κ1) is 18.4. The number of benzene rings is 1. The van der Waals surface area contributed by atoms with Gasteiger partial charge in [0.15, 0.2) is 5.82 Å². The molecule has 0 fully saturated rings. The fourth-order valence-corrected chi connectivity index (χ4v) is 1.70. The molecular formula is C15H22ClN3O3. The minimum Gasteiger partial charge on any atom is -0.491 e. The number of para-hydroxylation sites is 1. The summed E-state index contributed by atoms with van der Waals surface area (Å²) >= 11 is 0. The Hall–Kier alpha value is -1.63. The van der Waals surface area contributed by atoms with Crippen LogP contribution in [0.15, 0.2) is 34.9 Å². The topological polar surface area (TPSA) is 69.4 Å². The molecule has 1 heterocycles. The van der Waals surface area contributed by atoms with Crippen LogP contribution < -0.4 is 10.1 Å². The first-order chi connectivity index (χ1) is 10.3. The Morgan fingerprint density at radius 1 is 1.23 bits per heavy atom. The SMILES string of the molecule is CNC(C)Cc1noc(COCCOc2ccccc2)n1.Cl. The summed E-state index contributed by atoms with van der Waals surface area (Å²) in [6.45, 7) is 3.33. The zero-order valence-corrected chi connectivity index (χ0v) is 13.6. The molecule has 1 atom stereocenters. The quantitative estimate of drug-likeness (QED) is 0.712. The number of hydrogen-bond donors (Lipinski definition) is 1. The van der Waals surface area contributed by atoms with Gasteiger partial charge in [0.1, 0.15) is 19.0 Å². The van der Waals surface area contributed by atoms with Crippen LogP contribution in [0.4, 0.5) is 0 Å². The van der Waals surface area contributed by atoms with Crippen molar-refractivity contribution in [2.75, 3.05) is 20.3 Å². The fraction of sp³-hybridized carbons (Fsp3) is 0.467. The number of rotatable bonds is 9. The van der Waals surface area contributed by atoms with Crippen LogP contribution in [-0.2, 0) is 17.8 Å². The second-order valence-corrected chi connectivity index (χ2v) is 4.71. The Kier molecular flexibility index (Phi) is 8.50. The monoisotopic (exact) mass is 327 g/mol. The van der Waals surface area contributed by atoms with E-state index in [1.807, 2.05) is 37.4 Å². The summed E-state index contributed by atoms with van der Waals surface area (Å²) in [5.74, 6) is 2.02. The molecule has 22 heavy (non-hydrogen) atoms. The highest BCUT2D eigenvalue weighted by Gasteiger charge is 2.09. The molecule has 0 radical (unpaired) electrons. The first-order valence-electron chi connectivity index (χ1n) is 7.02. The Morgan fingerprint density at radius 2 is 2.00 bits per heavy atom. The summed E-state index contributed by atoms with van der Waals surface area (Å²) < 4.78 is 16.1. The number of likely N-dealkylation sites (N-methyl/N-ethyl adjacent to an activating group) is 1. The lowest BCUT2D eigenvalue weighted by atomic mass is 10.2. The van der Waals surface area contributed by atoms with E-state index >= 15 is 0 Å². The number of ether oxygens (including phenoxy) is 2. The standard InChI is InChI=1S/C15H21N3O3.ClH/c1-12(16-2)10-14-17-15(21-18-14)11-19-8-9-20-13-6-4-3-5-7-13;/h3-7,12,16H,8-11H2,1-2H3;1H. The molecule has 2 aromatic rings. The van der Waals surface area contributed by atoms with Crippen molar-refractivity contribution >= 4 is 12.4 Å². The molecule has 2 rings (SSSR count). The second kappa shape index (κ2) is 10.2. The van der Waals surface area contributed by atoms with Gasteiger partial charge in [-0.15, -0.1) is 12.4 Å². The van der Waals surface area contributed by atoms with Crippen LogP contribution in [0.25, 0.3) is 0 Å². The summed E-state index contributed by atoms with van der Waals surface area (Å²) in [7, 11) is 1.90. The Balaban J connectivity index is 0.00000242. The molecule has 1 aromatic heterocycles. The van der Waals surface area contributed by atoms with Crippen molar-refractivity contribution in [3.05, 3.63) is 42.0 Å². The summed E-state index contributed by atoms with van der Waals surface area (Å²) in [6.07, 6.45) is 0.733. The molecule has 0 saturated heterocycles. The van der Waals surface area contributed by atoms with Gasteiger partial charge < -0.3 is 19.3 Å².